The van der Waals surface area contributed by atoms with Crippen LogP contribution >= 0.6 is 11.8 Å². The van der Waals surface area contributed by atoms with Gasteiger partial charge in [-0.15, -0.1) is 0 Å². The molecule has 0 bridgehead atoms. The third-order valence-corrected chi connectivity index (χ3v) is 5.46. The first-order valence-electron chi connectivity index (χ1n) is 9.39. The van der Waals surface area contributed by atoms with Crippen molar-refractivity contribution in [3.8, 4) is 5.75 Å². The van der Waals surface area contributed by atoms with Gasteiger partial charge in [0.25, 0.3) is 5.91 Å². The molecule has 0 N–H and O–H groups in total. The second-order valence-electron chi connectivity index (χ2n) is 7.37. The Labute approximate surface area is 171 Å². The number of nitrogens with zero attached hydrogens (tertiary/aromatic N) is 2. The van der Waals surface area contributed by atoms with Crippen LogP contribution in [0.3, 0.4) is 0 Å². The first-order valence-corrected chi connectivity index (χ1v) is 10.2. The van der Waals surface area contributed by atoms with E-state index in [2.05, 4.69) is 13.8 Å². The number of amides is 1. The van der Waals surface area contributed by atoms with Crippen LogP contribution in [0.5, 0.6) is 5.75 Å². The van der Waals surface area contributed by atoms with Gasteiger partial charge in [0.15, 0.2) is 5.17 Å². The van der Waals surface area contributed by atoms with Gasteiger partial charge in [-0.05, 0) is 73.0 Å². The first kappa shape index (κ1) is 20.2. The van der Waals surface area contributed by atoms with Crippen LogP contribution in [-0.4, -0.2) is 29.6 Å². The van der Waals surface area contributed by atoms with E-state index in [0.29, 0.717) is 17.4 Å². The summed E-state index contributed by atoms with van der Waals surface area (Å²) in [6.07, 6.45) is 1.95. The number of hydrogen-bond donors (Lipinski definition) is 0. The van der Waals surface area contributed by atoms with Crippen molar-refractivity contribution < 1.29 is 9.53 Å². The maximum Gasteiger partial charge on any atom is 0.266 e. The topological polar surface area (TPSA) is 41.9 Å². The van der Waals surface area contributed by atoms with Crippen LogP contribution in [0.2, 0.25) is 0 Å². The van der Waals surface area contributed by atoms with E-state index in [1.807, 2.05) is 62.4 Å². The summed E-state index contributed by atoms with van der Waals surface area (Å²) in [6, 6.07) is 13.9. The third-order valence-electron chi connectivity index (χ3n) is 4.46. The third kappa shape index (κ3) is 4.65. The molecule has 1 saturated heterocycles. The Kier molecular flexibility index (Phi) is 6.25. The molecule has 0 radical (unpaired) electrons. The van der Waals surface area contributed by atoms with E-state index < -0.39 is 0 Å². The highest BCUT2D eigenvalue weighted by molar-refractivity contribution is 8.18. The fraction of sp³-hybridized carbons (Fsp3) is 0.304. The maximum absolute atomic E-state index is 13.1. The number of methoxy groups -OCH3 is 1. The molecule has 2 aromatic rings. The Bertz CT molecular complexity index is 930. The van der Waals surface area contributed by atoms with Gasteiger partial charge in [0.2, 0.25) is 0 Å². The molecule has 5 heteroatoms. The number of aryl methyl sites for hydroxylation is 2. The number of amidine groups is 1. The molecule has 2 aromatic carbocycles. The quantitative estimate of drug-likeness (QED) is 0.622. The summed E-state index contributed by atoms with van der Waals surface area (Å²) < 4.78 is 5.27. The lowest BCUT2D eigenvalue weighted by Gasteiger charge is -2.17. The maximum atomic E-state index is 13.1. The van der Waals surface area contributed by atoms with Gasteiger partial charge in [0, 0.05) is 6.54 Å². The monoisotopic (exact) mass is 394 g/mol. The molecule has 4 nitrogen and oxygen atoms in total. The SMILES string of the molecule is COc1ccc(/C=C2/SC(=Nc3ccc(C)cc3)N(CC(C)C)C2=O)c(C)c1. The van der Waals surface area contributed by atoms with E-state index in [1.54, 1.807) is 12.0 Å². The van der Waals surface area contributed by atoms with E-state index in [9.17, 15) is 4.79 Å². The van der Waals surface area contributed by atoms with Crippen LogP contribution in [0.15, 0.2) is 52.4 Å². The van der Waals surface area contributed by atoms with E-state index in [4.69, 9.17) is 9.73 Å². The summed E-state index contributed by atoms with van der Waals surface area (Å²) in [4.78, 5) is 20.3. The smallest absolute Gasteiger partial charge is 0.266 e. The fourth-order valence-electron chi connectivity index (χ4n) is 2.93. The normalized spacial score (nSPS) is 17.2. The van der Waals surface area contributed by atoms with Crippen molar-refractivity contribution in [3.63, 3.8) is 0 Å². The molecule has 1 fully saturated rings. The number of rotatable bonds is 5. The first-order chi connectivity index (χ1) is 13.4. The molecule has 0 spiro atoms. The summed E-state index contributed by atoms with van der Waals surface area (Å²) >= 11 is 1.44. The zero-order valence-corrected chi connectivity index (χ0v) is 17.8. The van der Waals surface area contributed by atoms with E-state index in [-0.39, 0.29) is 5.91 Å². The molecular formula is C23H26N2O2S. The van der Waals surface area contributed by atoms with Crippen molar-refractivity contribution in [1.82, 2.24) is 4.90 Å². The van der Waals surface area contributed by atoms with E-state index >= 15 is 0 Å². The Hall–Kier alpha value is -2.53. The van der Waals surface area contributed by atoms with Crippen LogP contribution < -0.4 is 4.74 Å². The van der Waals surface area contributed by atoms with Crippen molar-refractivity contribution in [1.29, 1.82) is 0 Å². The van der Waals surface area contributed by atoms with Gasteiger partial charge in [-0.25, -0.2) is 4.99 Å². The van der Waals surface area contributed by atoms with Gasteiger partial charge in [0.05, 0.1) is 17.7 Å². The highest BCUT2D eigenvalue weighted by Gasteiger charge is 2.33. The van der Waals surface area contributed by atoms with Crippen molar-refractivity contribution in [3.05, 3.63) is 64.1 Å². The molecular weight excluding hydrogens is 368 g/mol. The molecule has 1 heterocycles. The average Bonchev–Trinajstić information content (AvgIpc) is 2.93. The van der Waals surface area contributed by atoms with Crippen LogP contribution in [0.4, 0.5) is 5.69 Å². The minimum absolute atomic E-state index is 0.0137. The number of thioether (sulfide) groups is 1. The molecule has 1 amide bonds. The molecule has 1 aliphatic rings. The summed E-state index contributed by atoms with van der Waals surface area (Å²) in [5.74, 6) is 1.18. The lowest BCUT2D eigenvalue weighted by Crippen LogP contribution is -2.32. The number of ether oxygens (including phenoxy) is 1. The predicted octanol–water partition coefficient (Wildman–Crippen LogP) is 5.57. The molecule has 0 aliphatic carbocycles. The number of carbonyl (C=O) groups is 1. The van der Waals surface area contributed by atoms with E-state index in [0.717, 1.165) is 27.7 Å². The number of carbonyl (C=O) groups excluding carboxylic acids is 1. The minimum atomic E-state index is 0.0137. The molecule has 3 rings (SSSR count). The number of hydrogen-bond acceptors (Lipinski definition) is 4. The van der Waals surface area contributed by atoms with Crippen LogP contribution in [0.25, 0.3) is 6.08 Å². The van der Waals surface area contributed by atoms with Gasteiger partial charge in [-0.1, -0.05) is 37.6 Å². The van der Waals surface area contributed by atoms with Gasteiger partial charge in [0.1, 0.15) is 5.75 Å². The second-order valence-corrected chi connectivity index (χ2v) is 8.38. The molecule has 0 unspecified atom stereocenters. The number of aliphatic imine (C=N–C) groups is 1. The van der Waals surface area contributed by atoms with Crippen molar-refractivity contribution in [2.75, 3.05) is 13.7 Å². The summed E-state index contributed by atoms with van der Waals surface area (Å²) in [5, 5.41) is 0.736. The Morgan fingerprint density at radius 1 is 1.14 bits per heavy atom. The average molecular weight is 395 g/mol. The number of benzene rings is 2. The zero-order chi connectivity index (χ0) is 20.3. The Morgan fingerprint density at radius 2 is 1.86 bits per heavy atom. The molecule has 28 heavy (non-hydrogen) atoms. The molecule has 1 aliphatic heterocycles. The summed E-state index contributed by atoms with van der Waals surface area (Å²) in [5.41, 5.74) is 4.13. The second kappa shape index (κ2) is 8.65. The highest BCUT2D eigenvalue weighted by Crippen LogP contribution is 2.35. The van der Waals surface area contributed by atoms with Gasteiger partial charge in [-0.2, -0.15) is 0 Å². The van der Waals surface area contributed by atoms with Gasteiger partial charge >= 0.3 is 0 Å². The highest BCUT2D eigenvalue weighted by atomic mass is 32.2. The van der Waals surface area contributed by atoms with Crippen LogP contribution in [0.1, 0.15) is 30.5 Å². The zero-order valence-electron chi connectivity index (χ0n) is 17.0. The van der Waals surface area contributed by atoms with E-state index in [1.165, 1.54) is 17.3 Å². The van der Waals surface area contributed by atoms with Crippen molar-refractivity contribution >= 4 is 34.6 Å². The van der Waals surface area contributed by atoms with Crippen molar-refractivity contribution in [2.45, 2.75) is 27.7 Å². The minimum Gasteiger partial charge on any atom is -0.497 e. The lowest BCUT2D eigenvalue weighted by molar-refractivity contribution is -0.122. The Morgan fingerprint density at radius 3 is 2.46 bits per heavy atom. The van der Waals surface area contributed by atoms with Gasteiger partial charge in [-0.3, -0.25) is 9.69 Å². The summed E-state index contributed by atoms with van der Waals surface area (Å²) in [6.45, 7) is 8.93. The molecule has 0 aromatic heterocycles. The summed E-state index contributed by atoms with van der Waals surface area (Å²) in [7, 11) is 1.65. The standard InChI is InChI=1S/C23H26N2O2S/c1-15(2)14-25-22(26)21(13-18-8-11-20(27-5)12-17(18)4)28-23(25)24-19-9-6-16(3)7-10-19/h6-13,15H,14H2,1-5H3/b21-13+,24-23?. The lowest BCUT2D eigenvalue weighted by atomic mass is 10.1. The van der Waals surface area contributed by atoms with Crippen LogP contribution in [0, 0.1) is 19.8 Å². The fourth-order valence-corrected chi connectivity index (χ4v) is 3.92. The Balaban J connectivity index is 1.95. The molecule has 0 atom stereocenters. The van der Waals surface area contributed by atoms with Gasteiger partial charge < -0.3 is 4.74 Å². The van der Waals surface area contributed by atoms with Crippen molar-refractivity contribution in [2.24, 2.45) is 10.9 Å². The molecule has 0 saturated carbocycles. The predicted molar refractivity (Wildman–Crippen MR) is 118 cm³/mol. The molecule has 146 valence electrons. The van der Waals surface area contributed by atoms with Crippen LogP contribution in [-0.2, 0) is 4.79 Å². The largest absolute Gasteiger partial charge is 0.497 e.